The SMILES string of the molecule is CCNCc1sc(N(CC)CC(F)(F)F)nc1C(C)(C)C. The van der Waals surface area contributed by atoms with E-state index in [4.69, 9.17) is 0 Å². The molecule has 1 heterocycles. The number of halogens is 3. The van der Waals surface area contributed by atoms with Crippen molar-refractivity contribution in [2.75, 3.05) is 24.5 Å². The van der Waals surface area contributed by atoms with Gasteiger partial charge in [-0.2, -0.15) is 13.2 Å². The van der Waals surface area contributed by atoms with Gasteiger partial charge in [-0.05, 0) is 13.5 Å². The first kappa shape index (κ1) is 18.2. The third-order valence-corrected chi connectivity index (χ3v) is 4.07. The molecule has 0 saturated heterocycles. The quantitative estimate of drug-likeness (QED) is 0.859. The van der Waals surface area contributed by atoms with Gasteiger partial charge in [0.2, 0.25) is 0 Å². The molecule has 0 aliphatic carbocycles. The molecular weight excluding hydrogens is 299 g/mol. The maximum absolute atomic E-state index is 12.6. The fourth-order valence-corrected chi connectivity index (χ4v) is 3.25. The van der Waals surface area contributed by atoms with E-state index in [0.29, 0.717) is 11.7 Å². The van der Waals surface area contributed by atoms with E-state index in [1.807, 2.05) is 27.7 Å². The Morgan fingerprint density at radius 1 is 1.19 bits per heavy atom. The molecule has 1 rings (SSSR count). The molecule has 0 spiro atoms. The van der Waals surface area contributed by atoms with Crippen LogP contribution in [0.1, 0.15) is 45.2 Å². The van der Waals surface area contributed by atoms with E-state index in [2.05, 4.69) is 10.3 Å². The van der Waals surface area contributed by atoms with E-state index in [0.717, 1.165) is 17.1 Å². The van der Waals surface area contributed by atoms with Crippen LogP contribution in [0.2, 0.25) is 0 Å². The van der Waals surface area contributed by atoms with Crippen molar-refractivity contribution in [2.45, 2.75) is 52.8 Å². The summed E-state index contributed by atoms with van der Waals surface area (Å²) in [5, 5.41) is 3.68. The lowest BCUT2D eigenvalue weighted by Gasteiger charge is -2.21. The highest BCUT2D eigenvalue weighted by Gasteiger charge is 2.32. The normalized spacial score (nSPS) is 12.8. The van der Waals surface area contributed by atoms with Gasteiger partial charge in [-0.25, -0.2) is 4.98 Å². The first-order valence-electron chi connectivity index (χ1n) is 7.11. The van der Waals surface area contributed by atoms with Crippen LogP contribution in [0.25, 0.3) is 0 Å². The van der Waals surface area contributed by atoms with Crippen LogP contribution >= 0.6 is 11.3 Å². The van der Waals surface area contributed by atoms with Crippen molar-refractivity contribution >= 4 is 16.5 Å². The van der Waals surface area contributed by atoms with Gasteiger partial charge in [-0.15, -0.1) is 11.3 Å². The van der Waals surface area contributed by atoms with Crippen LogP contribution in [0.15, 0.2) is 0 Å². The third-order valence-electron chi connectivity index (χ3n) is 2.95. The van der Waals surface area contributed by atoms with E-state index in [1.165, 1.54) is 16.2 Å². The Labute approximate surface area is 128 Å². The van der Waals surface area contributed by atoms with Crippen molar-refractivity contribution in [1.29, 1.82) is 0 Å². The number of hydrogen-bond acceptors (Lipinski definition) is 4. The minimum Gasteiger partial charge on any atom is -0.339 e. The molecule has 0 aromatic carbocycles. The minimum absolute atomic E-state index is 0.183. The fraction of sp³-hybridized carbons (Fsp3) is 0.786. The van der Waals surface area contributed by atoms with Gasteiger partial charge in [-0.1, -0.05) is 27.7 Å². The van der Waals surface area contributed by atoms with Crippen molar-refractivity contribution in [2.24, 2.45) is 0 Å². The van der Waals surface area contributed by atoms with Gasteiger partial charge in [-0.3, -0.25) is 0 Å². The molecule has 0 bridgehead atoms. The average Bonchev–Trinajstić information content (AvgIpc) is 2.76. The van der Waals surface area contributed by atoms with Crippen LogP contribution in [-0.2, 0) is 12.0 Å². The Morgan fingerprint density at radius 2 is 1.81 bits per heavy atom. The van der Waals surface area contributed by atoms with Crippen LogP contribution in [-0.4, -0.2) is 30.8 Å². The van der Waals surface area contributed by atoms with Gasteiger partial charge >= 0.3 is 6.18 Å². The van der Waals surface area contributed by atoms with Gasteiger partial charge < -0.3 is 10.2 Å². The second-order valence-electron chi connectivity index (χ2n) is 5.93. The van der Waals surface area contributed by atoms with Crippen LogP contribution < -0.4 is 10.2 Å². The number of nitrogens with one attached hydrogen (secondary N) is 1. The summed E-state index contributed by atoms with van der Waals surface area (Å²) in [4.78, 5) is 6.80. The molecule has 0 radical (unpaired) electrons. The van der Waals surface area contributed by atoms with Gasteiger partial charge in [0.25, 0.3) is 0 Å². The number of anilines is 1. The topological polar surface area (TPSA) is 28.2 Å². The Bertz CT molecular complexity index is 449. The molecule has 0 amide bonds. The van der Waals surface area contributed by atoms with Gasteiger partial charge in [0.05, 0.1) is 5.69 Å². The minimum atomic E-state index is -4.22. The summed E-state index contributed by atoms with van der Waals surface area (Å²) in [5.41, 5.74) is 0.695. The van der Waals surface area contributed by atoms with E-state index in [9.17, 15) is 13.2 Å². The zero-order valence-electron chi connectivity index (χ0n) is 13.3. The highest BCUT2D eigenvalue weighted by atomic mass is 32.1. The van der Waals surface area contributed by atoms with Crippen LogP contribution in [0.4, 0.5) is 18.3 Å². The molecule has 0 unspecified atom stereocenters. The van der Waals surface area contributed by atoms with Crippen molar-refractivity contribution in [3.8, 4) is 0 Å². The van der Waals surface area contributed by atoms with Crippen LogP contribution in [0.3, 0.4) is 0 Å². The summed E-state index contributed by atoms with van der Waals surface area (Å²) in [6.07, 6.45) is -4.22. The molecule has 0 fully saturated rings. The number of alkyl halides is 3. The summed E-state index contributed by atoms with van der Waals surface area (Å²) >= 11 is 1.35. The summed E-state index contributed by atoms with van der Waals surface area (Å²) in [5.74, 6) is 0. The monoisotopic (exact) mass is 323 g/mol. The molecule has 1 aromatic rings. The second-order valence-corrected chi connectivity index (χ2v) is 6.99. The Morgan fingerprint density at radius 3 is 2.24 bits per heavy atom. The maximum Gasteiger partial charge on any atom is 0.406 e. The zero-order valence-corrected chi connectivity index (χ0v) is 14.1. The first-order chi connectivity index (χ1) is 9.58. The Kier molecular flexibility index (Phi) is 6.04. The maximum atomic E-state index is 12.6. The Balaban J connectivity index is 3.09. The molecule has 1 N–H and O–H groups in total. The standard InChI is InChI=1S/C14H24F3N3S/c1-6-18-8-10-11(13(3,4)5)19-12(21-10)20(7-2)9-14(15,16)17/h18H,6-9H2,1-5H3. The largest absolute Gasteiger partial charge is 0.406 e. The van der Waals surface area contributed by atoms with Crippen molar-refractivity contribution in [1.82, 2.24) is 10.3 Å². The molecule has 122 valence electrons. The first-order valence-corrected chi connectivity index (χ1v) is 7.92. The number of aromatic nitrogens is 1. The molecule has 0 atom stereocenters. The van der Waals surface area contributed by atoms with Gasteiger partial charge in [0.15, 0.2) is 5.13 Å². The van der Waals surface area contributed by atoms with Gasteiger partial charge in [0, 0.05) is 23.4 Å². The van der Waals surface area contributed by atoms with Crippen molar-refractivity contribution in [3.63, 3.8) is 0 Å². The van der Waals surface area contributed by atoms with Gasteiger partial charge in [0.1, 0.15) is 6.54 Å². The number of thiazole rings is 1. The summed E-state index contributed by atoms with van der Waals surface area (Å²) in [7, 11) is 0. The summed E-state index contributed by atoms with van der Waals surface area (Å²) in [6.45, 7) is 10.6. The lowest BCUT2D eigenvalue weighted by molar-refractivity contribution is -0.119. The number of rotatable bonds is 6. The molecule has 7 heteroatoms. The van der Waals surface area contributed by atoms with E-state index >= 15 is 0 Å². The second kappa shape index (κ2) is 6.96. The van der Waals surface area contributed by atoms with E-state index < -0.39 is 12.7 Å². The predicted octanol–water partition coefficient (Wildman–Crippen LogP) is 3.94. The molecule has 0 aliphatic heterocycles. The highest BCUT2D eigenvalue weighted by molar-refractivity contribution is 7.15. The smallest absolute Gasteiger partial charge is 0.339 e. The average molecular weight is 323 g/mol. The zero-order chi connectivity index (χ0) is 16.3. The molecule has 0 aliphatic rings. The van der Waals surface area contributed by atoms with E-state index in [1.54, 1.807) is 6.92 Å². The van der Waals surface area contributed by atoms with E-state index in [-0.39, 0.29) is 12.0 Å². The lowest BCUT2D eigenvalue weighted by atomic mass is 9.91. The molecule has 0 saturated carbocycles. The highest BCUT2D eigenvalue weighted by Crippen LogP contribution is 2.34. The van der Waals surface area contributed by atoms with Crippen LogP contribution in [0.5, 0.6) is 0 Å². The van der Waals surface area contributed by atoms with Crippen LogP contribution in [0, 0.1) is 0 Å². The lowest BCUT2D eigenvalue weighted by Crippen LogP contribution is -2.34. The fourth-order valence-electron chi connectivity index (χ4n) is 1.95. The summed E-state index contributed by atoms with van der Waals surface area (Å²) in [6, 6.07) is 0. The molecular formula is C14H24F3N3S. The Hall–Kier alpha value is -0.820. The molecule has 21 heavy (non-hydrogen) atoms. The molecule has 3 nitrogen and oxygen atoms in total. The third kappa shape index (κ3) is 5.47. The van der Waals surface area contributed by atoms with Crippen molar-refractivity contribution < 1.29 is 13.2 Å². The number of nitrogens with zero attached hydrogens (tertiary/aromatic N) is 2. The molecule has 1 aromatic heterocycles. The predicted molar refractivity (Wildman–Crippen MR) is 82.1 cm³/mol. The summed E-state index contributed by atoms with van der Waals surface area (Å²) < 4.78 is 37.9. The van der Waals surface area contributed by atoms with Crippen molar-refractivity contribution in [3.05, 3.63) is 10.6 Å². The number of hydrogen-bond donors (Lipinski definition) is 1.